The highest BCUT2D eigenvalue weighted by Gasteiger charge is 2.19. The molecular formula is C18H16N4O3S. The van der Waals surface area contributed by atoms with Gasteiger partial charge in [-0.1, -0.05) is 54.7 Å². The van der Waals surface area contributed by atoms with Gasteiger partial charge in [-0.3, -0.25) is 20.2 Å². The average molecular weight is 368 g/mol. The highest BCUT2D eigenvalue weighted by molar-refractivity contribution is 7.15. The number of non-ortho nitro benzene ring substituents is 1. The van der Waals surface area contributed by atoms with Crippen molar-refractivity contribution in [3.05, 3.63) is 80.8 Å². The molecule has 3 rings (SSSR count). The van der Waals surface area contributed by atoms with Crippen LogP contribution in [0.4, 0.5) is 10.8 Å². The molecule has 1 heterocycles. The quantitative estimate of drug-likeness (QED) is 0.518. The van der Waals surface area contributed by atoms with E-state index in [1.54, 1.807) is 0 Å². The van der Waals surface area contributed by atoms with E-state index in [9.17, 15) is 14.9 Å². The molecule has 0 saturated carbocycles. The van der Waals surface area contributed by atoms with Crippen molar-refractivity contribution >= 4 is 28.1 Å². The van der Waals surface area contributed by atoms with Gasteiger partial charge in [-0.2, -0.15) is 0 Å². The zero-order chi connectivity index (χ0) is 18.5. The number of nitrogens with one attached hydrogen (secondary N) is 1. The Bertz CT molecular complexity index is 927. The van der Waals surface area contributed by atoms with Gasteiger partial charge in [0.2, 0.25) is 5.13 Å². The second-order valence-corrected chi connectivity index (χ2v) is 6.59. The summed E-state index contributed by atoms with van der Waals surface area (Å²) in [5.41, 5.74) is 1.21. The monoisotopic (exact) mass is 368 g/mol. The molecule has 0 fully saturated rings. The highest BCUT2D eigenvalue weighted by atomic mass is 32.1. The Kier molecular flexibility index (Phi) is 5.33. The molecule has 0 saturated heterocycles. The van der Waals surface area contributed by atoms with Crippen LogP contribution < -0.4 is 5.32 Å². The Labute approximate surface area is 153 Å². The van der Waals surface area contributed by atoms with E-state index < -0.39 is 10.8 Å². The van der Waals surface area contributed by atoms with E-state index in [0.717, 1.165) is 17.0 Å². The van der Waals surface area contributed by atoms with Crippen molar-refractivity contribution in [2.75, 3.05) is 5.32 Å². The Balaban J connectivity index is 1.77. The number of benzene rings is 2. The van der Waals surface area contributed by atoms with Crippen LogP contribution in [0.15, 0.2) is 54.6 Å². The summed E-state index contributed by atoms with van der Waals surface area (Å²) in [4.78, 5) is 22.6. The molecule has 26 heavy (non-hydrogen) atoms. The molecule has 2 aromatic carbocycles. The van der Waals surface area contributed by atoms with Crippen LogP contribution in [0.25, 0.3) is 0 Å². The van der Waals surface area contributed by atoms with Gasteiger partial charge in [0.15, 0.2) is 0 Å². The van der Waals surface area contributed by atoms with Gasteiger partial charge in [0, 0.05) is 23.6 Å². The maximum absolute atomic E-state index is 12.3. The van der Waals surface area contributed by atoms with Crippen molar-refractivity contribution in [1.29, 1.82) is 0 Å². The van der Waals surface area contributed by atoms with E-state index in [1.165, 1.54) is 35.6 Å². The largest absolute Gasteiger partial charge is 0.296 e. The molecule has 0 spiro atoms. The third-order valence-corrected chi connectivity index (χ3v) is 4.84. The number of nitrogens with zero attached hydrogens (tertiary/aromatic N) is 3. The summed E-state index contributed by atoms with van der Waals surface area (Å²) in [6.07, 6.45) is 0.859. The first-order valence-corrected chi connectivity index (χ1v) is 8.84. The average Bonchev–Trinajstić information content (AvgIpc) is 3.11. The molecule has 0 aliphatic heterocycles. The topological polar surface area (TPSA) is 98.0 Å². The van der Waals surface area contributed by atoms with Crippen molar-refractivity contribution in [2.45, 2.75) is 19.3 Å². The van der Waals surface area contributed by atoms with Gasteiger partial charge in [-0.15, -0.1) is 10.2 Å². The van der Waals surface area contributed by atoms with E-state index in [1.807, 2.05) is 30.3 Å². The summed E-state index contributed by atoms with van der Waals surface area (Å²) in [5, 5.41) is 22.9. The van der Waals surface area contributed by atoms with Crippen LogP contribution in [0.2, 0.25) is 0 Å². The summed E-state index contributed by atoms with van der Waals surface area (Å²) in [6.45, 7) is 2.07. The van der Waals surface area contributed by atoms with Crippen LogP contribution in [0, 0.1) is 10.1 Å². The molecule has 8 heteroatoms. The number of hydrogen-bond donors (Lipinski definition) is 1. The lowest BCUT2D eigenvalue weighted by atomic mass is 9.97. The number of nitro benzene ring substituents is 1. The van der Waals surface area contributed by atoms with Crippen molar-refractivity contribution in [3.63, 3.8) is 0 Å². The molecule has 1 N–H and O–H groups in total. The van der Waals surface area contributed by atoms with Crippen molar-refractivity contribution < 1.29 is 9.72 Å². The van der Waals surface area contributed by atoms with Crippen molar-refractivity contribution in [1.82, 2.24) is 10.2 Å². The minimum Gasteiger partial charge on any atom is -0.296 e. The predicted octanol–water partition coefficient (Wildman–Crippen LogP) is 4.24. The number of rotatable bonds is 6. The lowest BCUT2D eigenvalue weighted by Gasteiger charge is -2.10. The number of carbonyl (C=O) groups excluding carboxylic acids is 1. The minimum atomic E-state index is -0.536. The molecule has 3 aromatic rings. The molecule has 0 radical (unpaired) electrons. The third kappa shape index (κ3) is 3.92. The van der Waals surface area contributed by atoms with Crippen LogP contribution in [0.3, 0.4) is 0 Å². The maximum atomic E-state index is 12.3. The standard InChI is InChI=1S/C18H16N4O3S/c1-2-15(12-7-4-3-5-8-12)17-20-21-18(26-17)19-16(23)13-9-6-10-14(11-13)22(24)25/h3-11,15H,2H2,1H3,(H,19,21,23)/t15-/m0/s1. The van der Waals surface area contributed by atoms with E-state index in [-0.39, 0.29) is 17.2 Å². The molecule has 0 aliphatic rings. The number of anilines is 1. The number of nitro groups is 1. The van der Waals surface area contributed by atoms with Crippen LogP contribution >= 0.6 is 11.3 Å². The Hall–Kier alpha value is -3.13. The first kappa shape index (κ1) is 17.7. The summed E-state index contributed by atoms with van der Waals surface area (Å²) in [7, 11) is 0. The van der Waals surface area contributed by atoms with Crippen molar-refractivity contribution in [2.24, 2.45) is 0 Å². The smallest absolute Gasteiger partial charge is 0.270 e. The van der Waals surface area contributed by atoms with Gasteiger partial charge in [-0.05, 0) is 18.1 Å². The zero-order valence-corrected chi connectivity index (χ0v) is 14.8. The Morgan fingerprint density at radius 1 is 1.19 bits per heavy atom. The van der Waals surface area contributed by atoms with Gasteiger partial charge in [0.1, 0.15) is 5.01 Å². The lowest BCUT2D eigenvalue weighted by molar-refractivity contribution is -0.384. The second kappa shape index (κ2) is 7.83. The highest BCUT2D eigenvalue weighted by Crippen LogP contribution is 2.31. The number of aromatic nitrogens is 2. The molecule has 7 nitrogen and oxygen atoms in total. The minimum absolute atomic E-state index is 0.108. The van der Waals surface area contributed by atoms with Crippen LogP contribution in [-0.4, -0.2) is 21.0 Å². The molecular weight excluding hydrogens is 352 g/mol. The molecule has 0 bridgehead atoms. The lowest BCUT2D eigenvalue weighted by Crippen LogP contribution is -2.11. The molecule has 132 valence electrons. The van der Waals surface area contributed by atoms with Gasteiger partial charge in [0.25, 0.3) is 11.6 Å². The van der Waals surface area contributed by atoms with Crippen molar-refractivity contribution in [3.8, 4) is 0 Å². The van der Waals surface area contributed by atoms with E-state index >= 15 is 0 Å². The normalized spacial score (nSPS) is 11.7. The number of carbonyl (C=O) groups is 1. The maximum Gasteiger partial charge on any atom is 0.270 e. The van der Waals surface area contributed by atoms with E-state index in [0.29, 0.717) is 5.13 Å². The van der Waals surface area contributed by atoms with Gasteiger partial charge in [-0.25, -0.2) is 0 Å². The van der Waals surface area contributed by atoms with Gasteiger partial charge in [0.05, 0.1) is 4.92 Å². The first-order chi connectivity index (χ1) is 12.6. The van der Waals surface area contributed by atoms with E-state index in [2.05, 4.69) is 22.4 Å². The van der Waals surface area contributed by atoms with E-state index in [4.69, 9.17) is 0 Å². The fourth-order valence-electron chi connectivity index (χ4n) is 2.59. The second-order valence-electron chi connectivity index (χ2n) is 5.58. The van der Waals surface area contributed by atoms with Crippen LogP contribution in [-0.2, 0) is 0 Å². The number of amides is 1. The fourth-order valence-corrected chi connectivity index (χ4v) is 3.54. The van der Waals surface area contributed by atoms with Crippen LogP contribution in [0.5, 0.6) is 0 Å². The zero-order valence-electron chi connectivity index (χ0n) is 14.0. The molecule has 1 aromatic heterocycles. The van der Waals surface area contributed by atoms with Crippen LogP contribution in [0.1, 0.15) is 40.2 Å². The van der Waals surface area contributed by atoms with Gasteiger partial charge >= 0.3 is 0 Å². The van der Waals surface area contributed by atoms with Gasteiger partial charge < -0.3 is 0 Å². The number of hydrogen-bond acceptors (Lipinski definition) is 6. The summed E-state index contributed by atoms with van der Waals surface area (Å²) in [6, 6.07) is 15.6. The molecule has 0 aliphatic carbocycles. The summed E-state index contributed by atoms with van der Waals surface area (Å²) in [5.74, 6) is -0.346. The Morgan fingerprint density at radius 3 is 2.65 bits per heavy atom. The molecule has 1 amide bonds. The predicted molar refractivity (Wildman–Crippen MR) is 99.5 cm³/mol. The first-order valence-electron chi connectivity index (χ1n) is 8.02. The third-order valence-electron chi connectivity index (χ3n) is 3.89. The molecule has 0 unspecified atom stereocenters. The SMILES string of the molecule is CC[C@@H](c1ccccc1)c1nnc(NC(=O)c2cccc([N+](=O)[O-])c2)s1. The Morgan fingerprint density at radius 2 is 1.96 bits per heavy atom. The summed E-state index contributed by atoms with van der Waals surface area (Å²) < 4.78 is 0. The molecule has 1 atom stereocenters. The summed E-state index contributed by atoms with van der Waals surface area (Å²) >= 11 is 1.31. The fraction of sp³-hybridized carbons (Fsp3) is 0.167.